The largest absolute Gasteiger partial charge is 0.507 e. The maximum atomic E-state index is 9.27. The molecule has 0 unspecified atom stereocenters. The van der Waals surface area contributed by atoms with E-state index in [9.17, 15) is 5.11 Å². The van der Waals surface area contributed by atoms with E-state index >= 15 is 0 Å². The van der Waals surface area contributed by atoms with Gasteiger partial charge in [-0.2, -0.15) is 5.26 Å². The van der Waals surface area contributed by atoms with Crippen LogP contribution in [0.1, 0.15) is 11.1 Å². The van der Waals surface area contributed by atoms with E-state index in [4.69, 9.17) is 14.7 Å². The van der Waals surface area contributed by atoms with Crippen LogP contribution in [0.5, 0.6) is 5.75 Å². The normalized spacial score (nSPS) is 9.87. The first-order valence-corrected chi connectivity index (χ1v) is 4.56. The second-order valence-electron chi connectivity index (χ2n) is 3.03. The predicted octanol–water partition coefficient (Wildman–Crippen LogP) is 1.43. The second kappa shape index (κ2) is 6.02. The second-order valence-corrected chi connectivity index (χ2v) is 3.03. The summed E-state index contributed by atoms with van der Waals surface area (Å²) in [5.41, 5.74) is 1.25. The lowest BCUT2D eigenvalue weighted by atomic mass is 10.1. The zero-order chi connectivity index (χ0) is 11.1. The number of phenols is 1. The number of methoxy groups -OCH3 is 1. The molecule has 0 atom stereocenters. The zero-order valence-electron chi connectivity index (χ0n) is 8.56. The van der Waals surface area contributed by atoms with Crippen molar-refractivity contribution in [3.05, 3.63) is 29.3 Å². The van der Waals surface area contributed by atoms with Crippen molar-refractivity contribution < 1.29 is 14.6 Å². The summed E-state index contributed by atoms with van der Waals surface area (Å²) in [6.07, 6.45) is 0.693. The molecule has 0 amide bonds. The Morgan fingerprint density at radius 1 is 1.47 bits per heavy atom. The van der Waals surface area contributed by atoms with E-state index in [0.717, 1.165) is 5.56 Å². The first-order valence-electron chi connectivity index (χ1n) is 4.56. The van der Waals surface area contributed by atoms with Crippen LogP contribution in [-0.2, 0) is 15.9 Å². The molecule has 1 aromatic carbocycles. The maximum absolute atomic E-state index is 9.27. The monoisotopic (exact) mass is 207 g/mol. The summed E-state index contributed by atoms with van der Waals surface area (Å²) in [6, 6.07) is 6.87. The van der Waals surface area contributed by atoms with Crippen LogP contribution in [-0.4, -0.2) is 25.6 Å². The molecule has 0 radical (unpaired) electrons. The van der Waals surface area contributed by atoms with Gasteiger partial charge in [0.05, 0.1) is 12.2 Å². The van der Waals surface area contributed by atoms with E-state index < -0.39 is 0 Å². The molecular weight excluding hydrogens is 194 g/mol. The third kappa shape index (κ3) is 3.58. The summed E-state index contributed by atoms with van der Waals surface area (Å²) < 4.78 is 9.85. The Morgan fingerprint density at radius 3 is 2.93 bits per heavy atom. The van der Waals surface area contributed by atoms with Gasteiger partial charge in [-0.25, -0.2) is 0 Å². The minimum Gasteiger partial charge on any atom is -0.507 e. The Kier molecular flexibility index (Phi) is 4.61. The fourth-order valence-corrected chi connectivity index (χ4v) is 1.16. The lowest BCUT2D eigenvalue weighted by molar-refractivity contribution is -0.0291. The summed E-state index contributed by atoms with van der Waals surface area (Å²) in [5, 5.41) is 18.0. The van der Waals surface area contributed by atoms with Crippen molar-refractivity contribution in [2.75, 3.05) is 20.5 Å². The van der Waals surface area contributed by atoms with Crippen molar-refractivity contribution in [3.63, 3.8) is 0 Å². The molecule has 0 saturated carbocycles. The molecule has 0 bridgehead atoms. The van der Waals surface area contributed by atoms with E-state index in [1.165, 1.54) is 6.07 Å². The molecule has 0 aromatic heterocycles. The number of benzene rings is 1. The molecule has 4 nitrogen and oxygen atoms in total. The van der Waals surface area contributed by atoms with E-state index in [2.05, 4.69) is 0 Å². The third-order valence-electron chi connectivity index (χ3n) is 1.92. The molecule has 0 aliphatic heterocycles. The number of aromatic hydroxyl groups is 1. The van der Waals surface area contributed by atoms with Gasteiger partial charge in [0.2, 0.25) is 0 Å². The summed E-state index contributed by atoms with van der Waals surface area (Å²) in [6.45, 7) is 0.798. The van der Waals surface area contributed by atoms with Crippen molar-refractivity contribution in [1.29, 1.82) is 5.26 Å². The highest BCUT2D eigenvalue weighted by atomic mass is 16.7. The topological polar surface area (TPSA) is 62.5 Å². The van der Waals surface area contributed by atoms with Crippen LogP contribution in [0.15, 0.2) is 18.2 Å². The molecule has 0 aliphatic rings. The Bertz CT molecular complexity index is 357. The summed E-state index contributed by atoms with van der Waals surface area (Å²) in [7, 11) is 1.56. The summed E-state index contributed by atoms with van der Waals surface area (Å²) in [5.74, 6) is 0.0130. The summed E-state index contributed by atoms with van der Waals surface area (Å²) in [4.78, 5) is 0. The highest BCUT2D eigenvalue weighted by Crippen LogP contribution is 2.17. The number of nitriles is 1. The molecule has 1 rings (SSSR count). The van der Waals surface area contributed by atoms with Crippen molar-refractivity contribution in [2.45, 2.75) is 6.42 Å². The fraction of sp³-hybridized carbons (Fsp3) is 0.364. The number of nitrogens with zero attached hydrogens (tertiary/aromatic N) is 1. The van der Waals surface area contributed by atoms with Gasteiger partial charge < -0.3 is 14.6 Å². The number of hydrogen-bond donors (Lipinski definition) is 1. The first-order chi connectivity index (χ1) is 7.27. The standard InChI is InChI=1S/C11H13NO3/c1-14-8-15-5-4-9-2-3-11(13)10(6-9)7-12/h2-3,6,13H,4-5,8H2,1H3. The molecule has 0 spiro atoms. The Morgan fingerprint density at radius 2 is 2.27 bits per heavy atom. The minimum atomic E-state index is 0.0130. The van der Waals surface area contributed by atoms with Gasteiger partial charge in [0.1, 0.15) is 18.6 Å². The predicted molar refractivity (Wildman–Crippen MR) is 54.4 cm³/mol. The number of phenolic OH excluding ortho intramolecular Hbond substituents is 1. The molecule has 4 heteroatoms. The molecule has 80 valence electrons. The van der Waals surface area contributed by atoms with Crippen molar-refractivity contribution in [2.24, 2.45) is 0 Å². The van der Waals surface area contributed by atoms with Crippen LogP contribution in [0.25, 0.3) is 0 Å². The maximum Gasteiger partial charge on any atom is 0.146 e. The van der Waals surface area contributed by atoms with Gasteiger partial charge in [0.25, 0.3) is 0 Å². The lowest BCUT2D eigenvalue weighted by Crippen LogP contribution is -2.01. The molecule has 0 fully saturated rings. The van der Waals surface area contributed by atoms with E-state index in [1.54, 1.807) is 19.2 Å². The highest BCUT2D eigenvalue weighted by Gasteiger charge is 2.01. The van der Waals surface area contributed by atoms with Gasteiger partial charge >= 0.3 is 0 Å². The molecule has 0 heterocycles. The van der Waals surface area contributed by atoms with Crippen molar-refractivity contribution in [1.82, 2.24) is 0 Å². The van der Waals surface area contributed by atoms with Crippen LogP contribution in [0.3, 0.4) is 0 Å². The zero-order valence-corrected chi connectivity index (χ0v) is 8.56. The van der Waals surface area contributed by atoms with E-state index in [0.29, 0.717) is 18.6 Å². The third-order valence-corrected chi connectivity index (χ3v) is 1.92. The van der Waals surface area contributed by atoms with Gasteiger partial charge in [-0.1, -0.05) is 6.07 Å². The molecule has 15 heavy (non-hydrogen) atoms. The number of rotatable bonds is 5. The van der Waals surface area contributed by atoms with E-state index in [-0.39, 0.29) is 12.5 Å². The van der Waals surface area contributed by atoms with Crippen molar-refractivity contribution >= 4 is 0 Å². The van der Waals surface area contributed by atoms with Crippen molar-refractivity contribution in [3.8, 4) is 11.8 Å². The SMILES string of the molecule is COCOCCc1ccc(O)c(C#N)c1. The highest BCUT2D eigenvalue weighted by molar-refractivity contribution is 5.44. The van der Waals surface area contributed by atoms with Gasteiger partial charge in [0.15, 0.2) is 0 Å². The molecule has 1 aromatic rings. The number of ether oxygens (including phenoxy) is 2. The van der Waals surface area contributed by atoms with Crippen LogP contribution in [0.4, 0.5) is 0 Å². The quantitative estimate of drug-likeness (QED) is 0.586. The van der Waals surface area contributed by atoms with Crippen LogP contribution < -0.4 is 0 Å². The smallest absolute Gasteiger partial charge is 0.146 e. The lowest BCUT2D eigenvalue weighted by Gasteiger charge is -2.04. The van der Waals surface area contributed by atoms with Gasteiger partial charge in [-0.05, 0) is 24.1 Å². The van der Waals surface area contributed by atoms with Gasteiger partial charge in [-0.3, -0.25) is 0 Å². The Hall–Kier alpha value is -1.57. The van der Waals surface area contributed by atoms with Crippen LogP contribution >= 0.6 is 0 Å². The summed E-state index contributed by atoms with van der Waals surface area (Å²) >= 11 is 0. The van der Waals surface area contributed by atoms with Crippen LogP contribution in [0, 0.1) is 11.3 Å². The minimum absolute atomic E-state index is 0.0130. The number of hydrogen-bond acceptors (Lipinski definition) is 4. The molecular formula is C11H13NO3. The Labute approximate surface area is 88.7 Å². The first kappa shape index (κ1) is 11.5. The Balaban J connectivity index is 2.52. The van der Waals surface area contributed by atoms with Gasteiger partial charge in [0, 0.05) is 7.11 Å². The van der Waals surface area contributed by atoms with Crippen LogP contribution in [0.2, 0.25) is 0 Å². The molecule has 1 N–H and O–H groups in total. The fourth-order valence-electron chi connectivity index (χ4n) is 1.16. The molecule has 0 saturated heterocycles. The average Bonchev–Trinajstić information content (AvgIpc) is 2.26. The average molecular weight is 207 g/mol. The molecule has 0 aliphatic carbocycles. The van der Waals surface area contributed by atoms with E-state index in [1.807, 2.05) is 6.07 Å². The van der Waals surface area contributed by atoms with Gasteiger partial charge in [-0.15, -0.1) is 0 Å².